The lowest BCUT2D eigenvalue weighted by Gasteiger charge is -2.30. The molecule has 0 bridgehead atoms. The van der Waals surface area contributed by atoms with Crippen molar-refractivity contribution in [3.05, 3.63) is 29.8 Å². The standard InChI is InChI=1S/C18H20F6N2O4/c19-17(20,21)10-29-14-3-1-12(2-4-14)9-25-15(27)13-5-7-26(8-6-13)16(28)30-11-18(22,23)24/h1-4,13H,5-11H2,(H,25,27). The molecule has 0 atom stereocenters. The van der Waals surface area contributed by atoms with Crippen LogP contribution in [0.1, 0.15) is 18.4 Å². The van der Waals surface area contributed by atoms with Crippen LogP contribution in [0.25, 0.3) is 0 Å². The predicted octanol–water partition coefficient (Wildman–Crippen LogP) is 3.65. The highest BCUT2D eigenvalue weighted by atomic mass is 19.4. The first-order valence-electron chi connectivity index (χ1n) is 8.97. The van der Waals surface area contributed by atoms with Crippen molar-refractivity contribution < 1.29 is 45.4 Å². The van der Waals surface area contributed by atoms with Crippen LogP contribution in [0.15, 0.2) is 24.3 Å². The quantitative estimate of drug-likeness (QED) is 0.683. The minimum Gasteiger partial charge on any atom is -0.484 e. The van der Waals surface area contributed by atoms with E-state index in [1.54, 1.807) is 0 Å². The Bertz CT molecular complexity index is 713. The van der Waals surface area contributed by atoms with Gasteiger partial charge in [0.1, 0.15) is 5.75 Å². The van der Waals surface area contributed by atoms with Gasteiger partial charge in [0.2, 0.25) is 5.91 Å². The van der Waals surface area contributed by atoms with Gasteiger partial charge in [-0.3, -0.25) is 4.79 Å². The van der Waals surface area contributed by atoms with Gasteiger partial charge in [0, 0.05) is 25.6 Å². The highest BCUT2D eigenvalue weighted by Gasteiger charge is 2.33. The largest absolute Gasteiger partial charge is 0.484 e. The van der Waals surface area contributed by atoms with E-state index in [1.807, 2.05) is 0 Å². The molecule has 1 aromatic rings. The third kappa shape index (κ3) is 8.37. The maximum Gasteiger partial charge on any atom is 0.422 e. The van der Waals surface area contributed by atoms with Gasteiger partial charge in [-0.1, -0.05) is 12.1 Å². The average molecular weight is 442 g/mol. The Morgan fingerprint density at radius 1 is 0.967 bits per heavy atom. The van der Waals surface area contributed by atoms with E-state index in [0.717, 1.165) is 4.90 Å². The normalized spacial score (nSPS) is 15.6. The lowest BCUT2D eigenvalue weighted by atomic mass is 9.96. The maximum absolute atomic E-state index is 12.2. The first kappa shape index (κ1) is 23.6. The van der Waals surface area contributed by atoms with Crippen LogP contribution in [0.5, 0.6) is 5.75 Å². The first-order chi connectivity index (χ1) is 13.9. The van der Waals surface area contributed by atoms with Crippen molar-refractivity contribution in [1.29, 1.82) is 0 Å². The molecule has 0 saturated carbocycles. The fourth-order valence-corrected chi connectivity index (χ4v) is 2.76. The third-order valence-electron chi connectivity index (χ3n) is 4.28. The summed E-state index contributed by atoms with van der Waals surface area (Å²) in [5.74, 6) is -0.644. The number of nitrogens with zero attached hydrogens (tertiary/aromatic N) is 1. The van der Waals surface area contributed by atoms with Gasteiger partial charge < -0.3 is 19.7 Å². The SMILES string of the molecule is O=C(NCc1ccc(OCC(F)(F)F)cc1)C1CCN(C(=O)OCC(F)(F)F)CC1. The van der Waals surface area contributed by atoms with Gasteiger partial charge >= 0.3 is 18.4 Å². The molecule has 1 fully saturated rings. The number of ether oxygens (including phenoxy) is 2. The molecule has 168 valence electrons. The van der Waals surface area contributed by atoms with E-state index in [9.17, 15) is 35.9 Å². The third-order valence-corrected chi connectivity index (χ3v) is 4.28. The topological polar surface area (TPSA) is 67.9 Å². The summed E-state index contributed by atoms with van der Waals surface area (Å²) >= 11 is 0. The summed E-state index contributed by atoms with van der Waals surface area (Å²) in [4.78, 5) is 25.0. The summed E-state index contributed by atoms with van der Waals surface area (Å²) in [5.41, 5.74) is 0.649. The molecule has 30 heavy (non-hydrogen) atoms. The van der Waals surface area contributed by atoms with E-state index in [1.165, 1.54) is 24.3 Å². The van der Waals surface area contributed by atoms with Crippen molar-refractivity contribution in [2.75, 3.05) is 26.3 Å². The van der Waals surface area contributed by atoms with Crippen LogP contribution in [-0.4, -0.2) is 55.6 Å². The van der Waals surface area contributed by atoms with Crippen molar-refractivity contribution in [2.45, 2.75) is 31.7 Å². The number of carbonyl (C=O) groups is 2. The van der Waals surface area contributed by atoms with Crippen LogP contribution in [0.4, 0.5) is 31.1 Å². The summed E-state index contributed by atoms with van der Waals surface area (Å²) < 4.78 is 81.4. The second-order valence-corrected chi connectivity index (χ2v) is 6.70. The molecule has 2 amide bonds. The highest BCUT2D eigenvalue weighted by molar-refractivity contribution is 5.79. The molecule has 1 aliphatic rings. The Balaban J connectivity index is 1.71. The highest BCUT2D eigenvalue weighted by Crippen LogP contribution is 2.21. The summed E-state index contributed by atoms with van der Waals surface area (Å²) in [6.45, 7) is -2.72. The molecule has 0 radical (unpaired) electrons. The van der Waals surface area contributed by atoms with E-state index in [4.69, 9.17) is 0 Å². The lowest BCUT2D eigenvalue weighted by molar-refractivity contribution is -0.162. The second-order valence-electron chi connectivity index (χ2n) is 6.70. The monoisotopic (exact) mass is 442 g/mol. The van der Waals surface area contributed by atoms with Crippen molar-refractivity contribution in [3.63, 3.8) is 0 Å². The van der Waals surface area contributed by atoms with Gasteiger partial charge in [-0.25, -0.2) is 4.79 Å². The van der Waals surface area contributed by atoms with Crippen molar-refractivity contribution in [3.8, 4) is 5.75 Å². The molecule has 2 rings (SSSR count). The molecule has 0 unspecified atom stereocenters. The summed E-state index contributed by atoms with van der Waals surface area (Å²) in [5, 5.41) is 2.69. The van der Waals surface area contributed by atoms with E-state index < -0.39 is 37.6 Å². The van der Waals surface area contributed by atoms with Crippen molar-refractivity contribution >= 4 is 12.0 Å². The Morgan fingerprint density at radius 2 is 1.53 bits per heavy atom. The number of rotatable bonds is 6. The maximum atomic E-state index is 12.2. The zero-order chi connectivity index (χ0) is 22.4. The van der Waals surface area contributed by atoms with Gasteiger partial charge in [-0.05, 0) is 30.5 Å². The summed E-state index contributed by atoms with van der Waals surface area (Å²) in [7, 11) is 0. The number of piperidine rings is 1. The molecule has 1 heterocycles. The van der Waals surface area contributed by atoms with Gasteiger partial charge in [-0.15, -0.1) is 0 Å². The molecule has 0 aliphatic carbocycles. The van der Waals surface area contributed by atoms with Crippen molar-refractivity contribution in [2.24, 2.45) is 5.92 Å². The zero-order valence-corrected chi connectivity index (χ0v) is 15.7. The van der Waals surface area contributed by atoms with Gasteiger partial charge in [0.15, 0.2) is 13.2 Å². The fourth-order valence-electron chi connectivity index (χ4n) is 2.76. The Hall–Kier alpha value is -2.66. The molecular weight excluding hydrogens is 422 g/mol. The minimum absolute atomic E-state index is 0.0483. The smallest absolute Gasteiger partial charge is 0.422 e. The number of carbonyl (C=O) groups excluding carboxylic acids is 2. The molecule has 0 aromatic heterocycles. The predicted molar refractivity (Wildman–Crippen MR) is 91.5 cm³/mol. The molecule has 12 heteroatoms. The van der Waals surface area contributed by atoms with E-state index in [2.05, 4.69) is 14.8 Å². The Morgan fingerprint density at radius 3 is 2.07 bits per heavy atom. The lowest BCUT2D eigenvalue weighted by Crippen LogP contribution is -2.43. The van der Waals surface area contributed by atoms with Crippen molar-refractivity contribution in [1.82, 2.24) is 10.2 Å². The second kappa shape index (κ2) is 9.90. The van der Waals surface area contributed by atoms with Crippen LogP contribution < -0.4 is 10.1 Å². The summed E-state index contributed by atoms with van der Waals surface area (Å²) in [6, 6.07) is 5.76. The van der Waals surface area contributed by atoms with E-state index >= 15 is 0 Å². The molecule has 6 nitrogen and oxygen atoms in total. The minimum atomic E-state index is -4.60. The fraction of sp³-hybridized carbons (Fsp3) is 0.556. The zero-order valence-electron chi connectivity index (χ0n) is 15.7. The van der Waals surface area contributed by atoms with Crippen LogP contribution in [0.2, 0.25) is 0 Å². The van der Waals surface area contributed by atoms with E-state index in [-0.39, 0.29) is 44.1 Å². The molecule has 1 aliphatic heterocycles. The molecular formula is C18H20F6N2O4. The van der Waals surface area contributed by atoms with Crippen LogP contribution >= 0.6 is 0 Å². The van der Waals surface area contributed by atoms with Crippen LogP contribution in [-0.2, 0) is 16.1 Å². The Kier molecular flexibility index (Phi) is 7.79. The van der Waals surface area contributed by atoms with Gasteiger partial charge in [-0.2, -0.15) is 26.3 Å². The van der Waals surface area contributed by atoms with Crippen LogP contribution in [0.3, 0.4) is 0 Å². The molecule has 1 aromatic carbocycles. The molecule has 1 saturated heterocycles. The molecule has 1 N–H and O–H groups in total. The number of nitrogens with one attached hydrogen (secondary N) is 1. The number of hydrogen-bond donors (Lipinski definition) is 1. The number of amides is 2. The first-order valence-corrected chi connectivity index (χ1v) is 8.97. The van der Waals surface area contributed by atoms with E-state index in [0.29, 0.717) is 5.56 Å². The average Bonchev–Trinajstić information content (AvgIpc) is 2.68. The number of benzene rings is 1. The number of hydrogen-bond acceptors (Lipinski definition) is 4. The number of alkyl halides is 6. The van der Waals surface area contributed by atoms with Gasteiger partial charge in [0.05, 0.1) is 0 Å². The van der Waals surface area contributed by atoms with Crippen LogP contribution in [0, 0.1) is 5.92 Å². The van der Waals surface area contributed by atoms with Gasteiger partial charge in [0.25, 0.3) is 0 Å². The summed E-state index contributed by atoms with van der Waals surface area (Å²) in [6.07, 6.45) is -9.55. The molecule has 0 spiro atoms. The number of halogens is 6. The Labute approximate surface area is 168 Å². The number of likely N-dealkylation sites (tertiary alicyclic amines) is 1.